The molecule has 9 heteroatoms. The number of rotatable bonds is 3. The van der Waals surface area contributed by atoms with Gasteiger partial charge in [0.1, 0.15) is 5.82 Å². The van der Waals surface area contributed by atoms with Gasteiger partial charge in [-0.2, -0.15) is 4.98 Å². The van der Waals surface area contributed by atoms with E-state index in [0.29, 0.717) is 41.2 Å². The van der Waals surface area contributed by atoms with Gasteiger partial charge in [-0.15, -0.1) is 0 Å². The third-order valence-electron chi connectivity index (χ3n) is 4.73. The lowest BCUT2D eigenvalue weighted by molar-refractivity contribution is 0.174. The van der Waals surface area contributed by atoms with Crippen LogP contribution in [0.25, 0.3) is 11.1 Å². The average Bonchev–Trinajstić information content (AvgIpc) is 3.20. The van der Waals surface area contributed by atoms with Gasteiger partial charge in [-0.3, -0.25) is 0 Å². The van der Waals surface area contributed by atoms with Crippen molar-refractivity contribution in [2.45, 2.75) is 19.8 Å². The molecule has 5 N–H and O–H groups in total. The SMILES string of the molecule is CCc1nc(N)nc(N)c1C#CCc1cc2c(c(-c3cc(F)c(O)c(F)c3)c1)OCO2. The lowest BCUT2D eigenvalue weighted by atomic mass is 9.99. The van der Waals surface area contributed by atoms with Gasteiger partial charge < -0.3 is 26.0 Å². The first-order valence-corrected chi connectivity index (χ1v) is 9.39. The second-order valence-corrected chi connectivity index (χ2v) is 6.79. The van der Waals surface area contributed by atoms with Crippen molar-refractivity contribution >= 4 is 11.8 Å². The van der Waals surface area contributed by atoms with Crippen LogP contribution in [-0.2, 0) is 12.8 Å². The van der Waals surface area contributed by atoms with Crippen LogP contribution < -0.4 is 20.9 Å². The highest BCUT2D eigenvalue weighted by atomic mass is 19.1. The molecule has 2 heterocycles. The lowest BCUT2D eigenvalue weighted by Crippen LogP contribution is -2.06. The number of aromatic hydroxyl groups is 1. The molecule has 3 aromatic rings. The highest BCUT2D eigenvalue weighted by molar-refractivity contribution is 5.76. The molecule has 0 spiro atoms. The molecule has 1 aromatic heterocycles. The Morgan fingerprint density at radius 3 is 2.55 bits per heavy atom. The van der Waals surface area contributed by atoms with E-state index >= 15 is 0 Å². The Morgan fingerprint density at radius 2 is 1.84 bits per heavy atom. The quantitative estimate of drug-likeness (QED) is 0.553. The topological polar surface area (TPSA) is 117 Å². The van der Waals surface area contributed by atoms with Crippen LogP contribution in [0.5, 0.6) is 17.2 Å². The highest BCUT2D eigenvalue weighted by Crippen LogP contribution is 2.43. The van der Waals surface area contributed by atoms with E-state index in [4.69, 9.17) is 20.9 Å². The van der Waals surface area contributed by atoms with Crippen LogP contribution in [0.2, 0.25) is 0 Å². The predicted octanol–water partition coefficient (Wildman–Crippen LogP) is 3.18. The number of hydrogen-bond acceptors (Lipinski definition) is 7. The summed E-state index contributed by atoms with van der Waals surface area (Å²) in [6, 6.07) is 5.52. The second-order valence-electron chi connectivity index (χ2n) is 6.79. The smallest absolute Gasteiger partial charge is 0.231 e. The average molecular weight is 424 g/mol. The number of nitrogen functional groups attached to an aromatic ring is 2. The number of hydrogen-bond donors (Lipinski definition) is 3. The van der Waals surface area contributed by atoms with Crippen molar-refractivity contribution in [3.05, 3.63) is 52.7 Å². The number of ether oxygens (including phenoxy) is 2. The number of fused-ring (bicyclic) bond motifs is 1. The number of aromatic nitrogens is 2. The fourth-order valence-corrected chi connectivity index (χ4v) is 3.28. The number of benzene rings is 2. The summed E-state index contributed by atoms with van der Waals surface area (Å²) in [6.45, 7) is 1.89. The number of aryl methyl sites for hydroxylation is 1. The van der Waals surface area contributed by atoms with Gasteiger partial charge in [-0.25, -0.2) is 13.8 Å². The third kappa shape index (κ3) is 3.88. The number of anilines is 2. The van der Waals surface area contributed by atoms with Crippen LogP contribution in [0, 0.1) is 23.5 Å². The maximum atomic E-state index is 13.9. The summed E-state index contributed by atoms with van der Waals surface area (Å²) in [7, 11) is 0. The molecule has 31 heavy (non-hydrogen) atoms. The highest BCUT2D eigenvalue weighted by Gasteiger charge is 2.22. The van der Waals surface area contributed by atoms with Crippen LogP contribution in [0.4, 0.5) is 20.5 Å². The molecule has 0 aliphatic carbocycles. The van der Waals surface area contributed by atoms with Gasteiger partial charge in [0.05, 0.1) is 11.3 Å². The van der Waals surface area contributed by atoms with E-state index < -0.39 is 17.4 Å². The van der Waals surface area contributed by atoms with E-state index in [1.807, 2.05) is 6.92 Å². The minimum atomic E-state index is -1.07. The molecule has 0 saturated carbocycles. The van der Waals surface area contributed by atoms with Gasteiger partial charge in [0.15, 0.2) is 28.9 Å². The van der Waals surface area contributed by atoms with Gasteiger partial charge in [-0.1, -0.05) is 18.8 Å². The Kier molecular flexibility index (Phi) is 5.21. The molecule has 1 aliphatic rings. The van der Waals surface area contributed by atoms with Crippen molar-refractivity contribution in [2.24, 2.45) is 0 Å². The van der Waals surface area contributed by atoms with E-state index in [0.717, 1.165) is 17.7 Å². The summed E-state index contributed by atoms with van der Waals surface area (Å²) >= 11 is 0. The Bertz CT molecular complexity index is 1230. The Balaban J connectivity index is 1.72. The van der Waals surface area contributed by atoms with Crippen LogP contribution in [0.1, 0.15) is 23.7 Å². The molecule has 4 rings (SSSR count). The van der Waals surface area contributed by atoms with E-state index in [1.54, 1.807) is 12.1 Å². The fourth-order valence-electron chi connectivity index (χ4n) is 3.28. The molecule has 158 valence electrons. The van der Waals surface area contributed by atoms with Crippen molar-refractivity contribution in [1.82, 2.24) is 9.97 Å². The zero-order chi connectivity index (χ0) is 22.1. The molecule has 0 unspecified atom stereocenters. The summed E-state index contributed by atoms with van der Waals surface area (Å²) in [4.78, 5) is 8.11. The minimum Gasteiger partial charge on any atom is -0.503 e. The Hall–Kier alpha value is -4.06. The van der Waals surface area contributed by atoms with Gasteiger partial charge in [0.2, 0.25) is 12.7 Å². The summed E-state index contributed by atoms with van der Waals surface area (Å²) in [5, 5.41) is 9.38. The molecule has 0 saturated heterocycles. The summed E-state index contributed by atoms with van der Waals surface area (Å²) in [5.74, 6) is 3.93. The largest absolute Gasteiger partial charge is 0.503 e. The fraction of sp³-hybridized carbons (Fsp3) is 0.182. The zero-order valence-corrected chi connectivity index (χ0v) is 16.5. The molecule has 0 bridgehead atoms. The van der Waals surface area contributed by atoms with Gasteiger partial charge in [0.25, 0.3) is 0 Å². The molecular weight excluding hydrogens is 406 g/mol. The van der Waals surface area contributed by atoms with Crippen LogP contribution >= 0.6 is 0 Å². The normalized spacial score (nSPS) is 11.8. The van der Waals surface area contributed by atoms with E-state index in [2.05, 4.69) is 21.8 Å². The van der Waals surface area contributed by atoms with E-state index in [-0.39, 0.29) is 24.1 Å². The zero-order valence-electron chi connectivity index (χ0n) is 16.5. The first-order valence-electron chi connectivity index (χ1n) is 9.39. The molecule has 1 aliphatic heterocycles. The van der Waals surface area contributed by atoms with E-state index in [9.17, 15) is 13.9 Å². The standard InChI is InChI=1S/C22H18F2N4O3/c1-2-17-13(21(25)28-22(26)27-17)5-3-4-11-6-14(20-18(7-11)30-10-31-20)12-8-15(23)19(29)16(24)9-12/h6-9,29H,2,4,10H2,1H3,(H4,25,26,27,28). The number of phenolic OH excluding ortho intramolecular Hbond substituents is 1. The summed E-state index contributed by atoms with van der Waals surface area (Å²) in [5.41, 5.74) is 14.1. The number of nitrogens with zero attached hydrogens (tertiary/aromatic N) is 2. The maximum absolute atomic E-state index is 13.9. The van der Waals surface area contributed by atoms with Crippen LogP contribution in [-0.4, -0.2) is 21.9 Å². The number of halogens is 2. The minimum absolute atomic E-state index is 0.0142. The van der Waals surface area contributed by atoms with Crippen molar-refractivity contribution in [3.8, 4) is 40.2 Å². The van der Waals surface area contributed by atoms with E-state index in [1.165, 1.54) is 0 Å². The monoisotopic (exact) mass is 424 g/mol. The first kappa shape index (κ1) is 20.2. The van der Waals surface area contributed by atoms with Gasteiger partial charge >= 0.3 is 0 Å². The first-order chi connectivity index (χ1) is 14.9. The third-order valence-corrected chi connectivity index (χ3v) is 4.73. The van der Waals surface area contributed by atoms with Crippen molar-refractivity contribution in [1.29, 1.82) is 0 Å². The van der Waals surface area contributed by atoms with Crippen molar-refractivity contribution in [2.75, 3.05) is 18.3 Å². The predicted molar refractivity (Wildman–Crippen MR) is 110 cm³/mol. The van der Waals surface area contributed by atoms with Crippen molar-refractivity contribution < 1.29 is 23.4 Å². The van der Waals surface area contributed by atoms with Gasteiger partial charge in [0, 0.05) is 12.0 Å². The molecule has 0 fully saturated rings. The molecule has 2 aromatic carbocycles. The summed E-state index contributed by atoms with van der Waals surface area (Å²) < 4.78 is 38.7. The lowest BCUT2D eigenvalue weighted by Gasteiger charge is -2.10. The number of nitrogens with two attached hydrogens (primary N) is 2. The molecular formula is C22H18F2N4O3. The second kappa shape index (κ2) is 7.99. The van der Waals surface area contributed by atoms with Crippen LogP contribution in [0.15, 0.2) is 24.3 Å². The van der Waals surface area contributed by atoms with Crippen molar-refractivity contribution in [3.63, 3.8) is 0 Å². The van der Waals surface area contributed by atoms with Crippen LogP contribution in [0.3, 0.4) is 0 Å². The Morgan fingerprint density at radius 1 is 1.10 bits per heavy atom. The number of phenols is 1. The summed E-state index contributed by atoms with van der Waals surface area (Å²) in [6.07, 6.45) is 0.882. The molecule has 0 atom stereocenters. The molecule has 0 radical (unpaired) electrons. The maximum Gasteiger partial charge on any atom is 0.231 e. The molecule has 7 nitrogen and oxygen atoms in total. The Labute approximate surface area is 176 Å². The molecule has 0 amide bonds. The van der Waals surface area contributed by atoms with Gasteiger partial charge in [-0.05, 0) is 41.8 Å².